The Bertz CT molecular complexity index is 485. The fourth-order valence-corrected chi connectivity index (χ4v) is 1.83. The topological polar surface area (TPSA) is 58.3 Å². The highest BCUT2D eigenvalue weighted by molar-refractivity contribution is 5.41. The molecule has 2 aromatic carbocycles. The number of nitrogens with two attached hydrogens (primary N) is 1. The molecule has 0 radical (unpaired) electrons. The Labute approximate surface area is 107 Å². The maximum Gasteiger partial charge on any atom is 0.0915 e. The Morgan fingerprint density at radius 3 is 2.56 bits per heavy atom. The predicted molar refractivity (Wildman–Crippen MR) is 74.0 cm³/mol. The third-order valence-corrected chi connectivity index (χ3v) is 2.81. The zero-order valence-electron chi connectivity index (χ0n) is 10.2. The van der Waals surface area contributed by atoms with Crippen LogP contribution in [0, 0.1) is 0 Å². The van der Waals surface area contributed by atoms with Crippen molar-refractivity contribution in [2.24, 2.45) is 0 Å². The summed E-state index contributed by atoms with van der Waals surface area (Å²) in [6.07, 6.45) is -0.530. The van der Waals surface area contributed by atoms with E-state index in [0.29, 0.717) is 12.2 Å². The first kappa shape index (κ1) is 12.6. The molecular weight excluding hydrogens is 224 g/mol. The number of rotatable bonds is 5. The van der Waals surface area contributed by atoms with E-state index < -0.39 is 6.10 Å². The molecule has 0 saturated carbocycles. The second-order valence-electron chi connectivity index (χ2n) is 4.30. The van der Waals surface area contributed by atoms with Gasteiger partial charge in [-0.25, -0.2) is 0 Å². The molecule has 0 amide bonds. The summed E-state index contributed by atoms with van der Waals surface area (Å²) in [5.41, 5.74) is 8.41. The molecule has 1 atom stereocenters. The van der Waals surface area contributed by atoms with Crippen molar-refractivity contribution in [3.8, 4) is 0 Å². The van der Waals surface area contributed by atoms with Gasteiger partial charge in [-0.3, -0.25) is 0 Å². The van der Waals surface area contributed by atoms with Gasteiger partial charge in [0.2, 0.25) is 0 Å². The number of hydrogen-bond donors (Lipinski definition) is 3. The van der Waals surface area contributed by atoms with Gasteiger partial charge in [0.1, 0.15) is 0 Å². The highest BCUT2D eigenvalue weighted by Gasteiger charge is 2.06. The standard InChI is InChI=1S/C15H18N2O/c16-14-8-4-7-13(9-14)15(18)11-17-10-12-5-2-1-3-6-12/h1-9,15,17-18H,10-11,16H2. The molecule has 1 unspecified atom stereocenters. The lowest BCUT2D eigenvalue weighted by Crippen LogP contribution is -2.21. The smallest absolute Gasteiger partial charge is 0.0915 e. The van der Waals surface area contributed by atoms with Gasteiger partial charge < -0.3 is 16.2 Å². The van der Waals surface area contributed by atoms with Crippen LogP contribution in [0.2, 0.25) is 0 Å². The fourth-order valence-electron chi connectivity index (χ4n) is 1.83. The van der Waals surface area contributed by atoms with Crippen LogP contribution in [0.25, 0.3) is 0 Å². The first-order chi connectivity index (χ1) is 8.75. The summed E-state index contributed by atoms with van der Waals surface area (Å²) < 4.78 is 0. The van der Waals surface area contributed by atoms with Gasteiger partial charge in [0.15, 0.2) is 0 Å². The normalized spacial score (nSPS) is 12.3. The quantitative estimate of drug-likeness (QED) is 0.704. The molecule has 2 aromatic rings. The second-order valence-corrected chi connectivity index (χ2v) is 4.30. The zero-order chi connectivity index (χ0) is 12.8. The van der Waals surface area contributed by atoms with E-state index in [0.717, 1.165) is 12.1 Å². The molecule has 4 N–H and O–H groups in total. The molecule has 0 aliphatic rings. The molecule has 0 aliphatic heterocycles. The van der Waals surface area contributed by atoms with Gasteiger partial charge in [-0.2, -0.15) is 0 Å². The van der Waals surface area contributed by atoms with E-state index in [9.17, 15) is 5.11 Å². The van der Waals surface area contributed by atoms with E-state index in [2.05, 4.69) is 17.4 Å². The minimum absolute atomic E-state index is 0.512. The summed E-state index contributed by atoms with van der Waals surface area (Å²) in [7, 11) is 0. The van der Waals surface area contributed by atoms with Gasteiger partial charge in [-0.15, -0.1) is 0 Å². The molecule has 94 valence electrons. The second kappa shape index (κ2) is 6.19. The van der Waals surface area contributed by atoms with Gasteiger partial charge in [-0.05, 0) is 23.3 Å². The molecule has 0 fully saturated rings. The number of hydrogen-bond acceptors (Lipinski definition) is 3. The van der Waals surface area contributed by atoms with Crippen molar-refractivity contribution in [2.45, 2.75) is 12.6 Å². The lowest BCUT2D eigenvalue weighted by atomic mass is 10.1. The summed E-state index contributed by atoms with van der Waals surface area (Å²) in [4.78, 5) is 0. The van der Waals surface area contributed by atoms with Gasteiger partial charge in [0.05, 0.1) is 6.10 Å². The largest absolute Gasteiger partial charge is 0.399 e. The van der Waals surface area contributed by atoms with Gasteiger partial charge in [-0.1, -0.05) is 42.5 Å². The average Bonchev–Trinajstić information content (AvgIpc) is 2.40. The first-order valence-electron chi connectivity index (χ1n) is 6.04. The van der Waals surface area contributed by atoms with Crippen LogP contribution in [-0.4, -0.2) is 11.7 Å². The Kier molecular flexibility index (Phi) is 4.34. The van der Waals surface area contributed by atoms with Gasteiger partial charge in [0.25, 0.3) is 0 Å². The highest BCUT2D eigenvalue weighted by Crippen LogP contribution is 2.14. The van der Waals surface area contributed by atoms with E-state index in [1.165, 1.54) is 5.56 Å². The molecule has 3 nitrogen and oxygen atoms in total. The zero-order valence-corrected chi connectivity index (χ0v) is 10.2. The molecule has 0 aliphatic carbocycles. The average molecular weight is 242 g/mol. The van der Waals surface area contributed by atoms with Crippen molar-refractivity contribution >= 4 is 5.69 Å². The van der Waals surface area contributed by atoms with Crippen molar-refractivity contribution in [3.05, 3.63) is 65.7 Å². The molecule has 0 heterocycles. The van der Waals surface area contributed by atoms with Crippen LogP contribution < -0.4 is 11.1 Å². The lowest BCUT2D eigenvalue weighted by Gasteiger charge is -2.12. The minimum Gasteiger partial charge on any atom is -0.399 e. The number of benzene rings is 2. The van der Waals surface area contributed by atoms with Crippen molar-refractivity contribution < 1.29 is 5.11 Å². The number of aliphatic hydroxyl groups is 1. The first-order valence-corrected chi connectivity index (χ1v) is 6.04. The summed E-state index contributed by atoms with van der Waals surface area (Å²) in [5, 5.41) is 13.2. The van der Waals surface area contributed by atoms with Gasteiger partial charge in [0, 0.05) is 18.8 Å². The SMILES string of the molecule is Nc1cccc(C(O)CNCc2ccccc2)c1. The molecule has 0 aromatic heterocycles. The predicted octanol–water partition coefficient (Wildman–Crippen LogP) is 2.09. The van der Waals surface area contributed by atoms with E-state index in [1.807, 2.05) is 36.4 Å². The number of nitrogen functional groups attached to an aromatic ring is 1. The summed E-state index contributed by atoms with van der Waals surface area (Å²) in [5.74, 6) is 0. The highest BCUT2D eigenvalue weighted by atomic mass is 16.3. The third kappa shape index (κ3) is 3.58. The summed E-state index contributed by atoms with van der Waals surface area (Å²) >= 11 is 0. The number of anilines is 1. The van der Waals surface area contributed by atoms with Crippen molar-refractivity contribution in [3.63, 3.8) is 0 Å². The van der Waals surface area contributed by atoms with E-state index in [1.54, 1.807) is 6.07 Å². The van der Waals surface area contributed by atoms with Crippen LogP contribution >= 0.6 is 0 Å². The van der Waals surface area contributed by atoms with Gasteiger partial charge >= 0.3 is 0 Å². The van der Waals surface area contributed by atoms with E-state index in [4.69, 9.17) is 5.73 Å². The minimum atomic E-state index is -0.530. The Morgan fingerprint density at radius 2 is 1.83 bits per heavy atom. The fraction of sp³-hybridized carbons (Fsp3) is 0.200. The van der Waals surface area contributed by atoms with Crippen molar-refractivity contribution in [1.82, 2.24) is 5.32 Å². The lowest BCUT2D eigenvalue weighted by molar-refractivity contribution is 0.174. The van der Waals surface area contributed by atoms with Crippen LogP contribution in [0.4, 0.5) is 5.69 Å². The molecule has 0 saturated heterocycles. The summed E-state index contributed by atoms with van der Waals surface area (Å²) in [6.45, 7) is 1.26. The van der Waals surface area contributed by atoms with Crippen molar-refractivity contribution in [2.75, 3.05) is 12.3 Å². The van der Waals surface area contributed by atoms with Crippen LogP contribution in [0.5, 0.6) is 0 Å². The van der Waals surface area contributed by atoms with E-state index in [-0.39, 0.29) is 0 Å². The molecule has 3 heteroatoms. The molecule has 2 rings (SSSR count). The van der Waals surface area contributed by atoms with E-state index >= 15 is 0 Å². The maximum atomic E-state index is 10.0. The third-order valence-electron chi connectivity index (χ3n) is 2.81. The van der Waals surface area contributed by atoms with Crippen LogP contribution in [-0.2, 0) is 6.54 Å². The van der Waals surface area contributed by atoms with Crippen LogP contribution in [0.15, 0.2) is 54.6 Å². The monoisotopic (exact) mass is 242 g/mol. The Hall–Kier alpha value is -1.84. The summed E-state index contributed by atoms with van der Waals surface area (Å²) in [6, 6.07) is 17.5. The number of nitrogens with one attached hydrogen (secondary N) is 1. The molecular formula is C15H18N2O. The van der Waals surface area contributed by atoms with Crippen molar-refractivity contribution in [1.29, 1.82) is 0 Å². The Morgan fingerprint density at radius 1 is 1.06 bits per heavy atom. The Balaban J connectivity index is 1.83. The maximum absolute atomic E-state index is 10.0. The van der Waals surface area contributed by atoms with Crippen LogP contribution in [0.1, 0.15) is 17.2 Å². The van der Waals surface area contributed by atoms with Crippen LogP contribution in [0.3, 0.4) is 0 Å². The molecule has 0 spiro atoms. The number of aliphatic hydroxyl groups excluding tert-OH is 1. The molecule has 0 bridgehead atoms. The molecule has 18 heavy (non-hydrogen) atoms.